The average Bonchev–Trinajstić information content (AvgIpc) is 3.12. The third-order valence-electron chi connectivity index (χ3n) is 6.60. The number of nitrogens with zero attached hydrogens (tertiary/aromatic N) is 4. The van der Waals surface area contributed by atoms with Crippen molar-refractivity contribution in [2.24, 2.45) is 5.92 Å². The first-order chi connectivity index (χ1) is 17.0. The van der Waals surface area contributed by atoms with E-state index in [-0.39, 0.29) is 23.3 Å². The van der Waals surface area contributed by atoms with E-state index in [1.54, 1.807) is 18.2 Å². The van der Waals surface area contributed by atoms with E-state index in [2.05, 4.69) is 32.8 Å². The zero-order chi connectivity index (χ0) is 25.7. The van der Waals surface area contributed by atoms with Crippen LogP contribution in [0.3, 0.4) is 0 Å². The van der Waals surface area contributed by atoms with Gasteiger partial charge in [-0.3, -0.25) is 4.79 Å². The molecule has 7 nitrogen and oxygen atoms in total. The number of aromatic nitrogens is 3. The summed E-state index contributed by atoms with van der Waals surface area (Å²) in [5, 5.41) is 15.1. The number of fused-ring (bicyclic) bond motifs is 1. The molecule has 1 aliphatic heterocycles. The molecule has 3 heterocycles. The maximum atomic E-state index is 13.5. The van der Waals surface area contributed by atoms with Crippen molar-refractivity contribution in [3.05, 3.63) is 29.3 Å². The predicted molar refractivity (Wildman–Crippen MR) is 126 cm³/mol. The monoisotopic (exact) mass is 528 g/mol. The van der Waals surface area contributed by atoms with Crippen LogP contribution in [0.5, 0.6) is 0 Å². The van der Waals surface area contributed by atoms with E-state index in [4.69, 9.17) is 0 Å². The molecule has 2 aromatic heterocycles. The van der Waals surface area contributed by atoms with Gasteiger partial charge in [-0.2, -0.15) is 13.2 Å². The fourth-order valence-electron chi connectivity index (χ4n) is 4.52. The fraction of sp³-hybridized carbons (Fsp3) is 0.522. The summed E-state index contributed by atoms with van der Waals surface area (Å²) in [7, 11) is 2.06. The maximum Gasteiger partial charge on any atom is 0.406 e. The molecule has 0 bridgehead atoms. The third kappa shape index (κ3) is 5.31. The number of likely N-dealkylation sites (tertiary alicyclic amines) is 1. The number of halogens is 5. The fourth-order valence-corrected chi connectivity index (χ4v) is 5.33. The number of rotatable bonds is 7. The summed E-state index contributed by atoms with van der Waals surface area (Å²) >= 11 is 1.02. The van der Waals surface area contributed by atoms with E-state index >= 15 is 0 Å². The Bertz CT molecular complexity index is 1260. The number of piperidine rings is 1. The minimum Gasteiger partial charge on any atom is -0.382 e. The second kappa shape index (κ2) is 9.25. The Balaban J connectivity index is 1.42. The van der Waals surface area contributed by atoms with E-state index in [1.165, 1.54) is 4.57 Å². The molecule has 2 fully saturated rings. The van der Waals surface area contributed by atoms with Gasteiger partial charge < -0.3 is 20.1 Å². The Hall–Kier alpha value is -2.80. The Morgan fingerprint density at radius 1 is 1.22 bits per heavy atom. The van der Waals surface area contributed by atoms with E-state index in [0.717, 1.165) is 43.0 Å². The highest BCUT2D eigenvalue weighted by Crippen LogP contribution is 2.48. The summed E-state index contributed by atoms with van der Waals surface area (Å²) in [5.74, 6) is -5.09. The summed E-state index contributed by atoms with van der Waals surface area (Å²) in [6.45, 7) is 0.560. The zero-order valence-corrected chi connectivity index (χ0v) is 20.2. The first kappa shape index (κ1) is 24.9. The minimum atomic E-state index is -4.46. The molecule has 0 radical (unpaired) electrons. The molecule has 2 aliphatic rings. The molecule has 1 aromatic carbocycles. The number of carbonyl (C=O) groups is 1. The smallest absolute Gasteiger partial charge is 0.382 e. The lowest BCUT2D eigenvalue weighted by molar-refractivity contribution is -0.139. The first-order valence-electron chi connectivity index (χ1n) is 11.6. The number of alkyl halides is 5. The van der Waals surface area contributed by atoms with Crippen molar-refractivity contribution in [3.8, 4) is 10.7 Å². The van der Waals surface area contributed by atoms with Crippen LogP contribution < -0.4 is 10.6 Å². The number of hydrogen-bond acceptors (Lipinski definition) is 6. The van der Waals surface area contributed by atoms with Crippen molar-refractivity contribution in [2.45, 2.75) is 50.5 Å². The lowest BCUT2D eigenvalue weighted by Gasteiger charge is -2.30. The van der Waals surface area contributed by atoms with E-state index in [0.29, 0.717) is 15.9 Å². The van der Waals surface area contributed by atoms with Crippen LogP contribution in [0.15, 0.2) is 24.3 Å². The van der Waals surface area contributed by atoms with Crippen LogP contribution in [0.1, 0.15) is 24.3 Å². The maximum absolute atomic E-state index is 13.5. The molecule has 0 spiro atoms. The largest absolute Gasteiger partial charge is 0.406 e. The molecule has 1 aliphatic carbocycles. The van der Waals surface area contributed by atoms with Gasteiger partial charge in [0, 0.05) is 23.5 Å². The van der Waals surface area contributed by atoms with Gasteiger partial charge in [-0.15, -0.1) is 10.2 Å². The minimum absolute atomic E-state index is 0.120. The van der Waals surface area contributed by atoms with Gasteiger partial charge in [0.15, 0.2) is 5.01 Å². The molecule has 1 amide bonds. The molecule has 2 N–H and O–H groups in total. The van der Waals surface area contributed by atoms with Crippen LogP contribution in [-0.4, -0.2) is 63.8 Å². The van der Waals surface area contributed by atoms with Crippen LogP contribution in [-0.2, 0) is 17.9 Å². The van der Waals surface area contributed by atoms with Crippen molar-refractivity contribution in [3.63, 3.8) is 0 Å². The second-order valence-corrected chi connectivity index (χ2v) is 10.5. The molecule has 1 unspecified atom stereocenters. The van der Waals surface area contributed by atoms with Gasteiger partial charge in [0.25, 0.3) is 5.92 Å². The third-order valence-corrected chi connectivity index (χ3v) is 7.55. The molecule has 194 valence electrons. The Labute approximate surface area is 207 Å². The molecular formula is C23H25F5N6OS. The van der Waals surface area contributed by atoms with Gasteiger partial charge in [-0.25, -0.2) is 8.78 Å². The van der Waals surface area contributed by atoms with Crippen LogP contribution in [0, 0.1) is 5.92 Å². The topological polar surface area (TPSA) is 75.1 Å². The highest BCUT2D eigenvalue weighted by molar-refractivity contribution is 7.14. The van der Waals surface area contributed by atoms with Gasteiger partial charge >= 0.3 is 6.18 Å². The van der Waals surface area contributed by atoms with E-state index in [1.807, 2.05) is 6.07 Å². The average molecular weight is 529 g/mol. The number of carbonyl (C=O) groups excluding carboxylic acids is 1. The summed E-state index contributed by atoms with van der Waals surface area (Å²) in [4.78, 5) is 14.1. The van der Waals surface area contributed by atoms with Gasteiger partial charge in [0.2, 0.25) is 5.91 Å². The van der Waals surface area contributed by atoms with Crippen molar-refractivity contribution >= 4 is 33.8 Å². The van der Waals surface area contributed by atoms with Crippen molar-refractivity contribution in [1.29, 1.82) is 0 Å². The van der Waals surface area contributed by atoms with Gasteiger partial charge in [0.05, 0.1) is 17.8 Å². The summed E-state index contributed by atoms with van der Waals surface area (Å²) in [6, 6.07) is 7.12. The highest BCUT2D eigenvalue weighted by Gasteiger charge is 2.61. The summed E-state index contributed by atoms with van der Waals surface area (Å²) < 4.78 is 67.9. The molecule has 1 atom stereocenters. The number of hydrogen-bond donors (Lipinski definition) is 2. The van der Waals surface area contributed by atoms with Gasteiger partial charge in [-0.05, 0) is 51.2 Å². The lowest BCUT2D eigenvalue weighted by Crippen LogP contribution is -2.36. The molecule has 13 heteroatoms. The first-order valence-corrected chi connectivity index (χ1v) is 12.4. The van der Waals surface area contributed by atoms with E-state index in [9.17, 15) is 26.7 Å². The second-order valence-electron chi connectivity index (χ2n) is 9.43. The zero-order valence-electron chi connectivity index (χ0n) is 19.4. The SMILES string of the molecule is CN1CCC(Nc2cccc3c2cc(-c2nnc(CNC(=O)C4CC4(F)F)s2)n3CC(F)(F)F)CC1. The van der Waals surface area contributed by atoms with Gasteiger partial charge in [0.1, 0.15) is 17.5 Å². The molecular weight excluding hydrogens is 503 g/mol. The number of amides is 1. The van der Waals surface area contributed by atoms with Crippen molar-refractivity contribution < 1.29 is 26.7 Å². The molecule has 5 rings (SSSR count). The Morgan fingerprint density at radius 2 is 1.94 bits per heavy atom. The quantitative estimate of drug-likeness (QED) is 0.442. The van der Waals surface area contributed by atoms with Crippen molar-refractivity contribution in [1.82, 2.24) is 25.0 Å². The Morgan fingerprint density at radius 3 is 2.61 bits per heavy atom. The molecule has 1 saturated carbocycles. The summed E-state index contributed by atoms with van der Waals surface area (Å²) in [6.07, 6.45) is -3.08. The normalized spacial score (nSPS) is 20.6. The summed E-state index contributed by atoms with van der Waals surface area (Å²) in [5.41, 5.74) is 1.43. The van der Waals surface area contributed by atoms with Gasteiger partial charge in [-0.1, -0.05) is 17.4 Å². The van der Waals surface area contributed by atoms with Crippen LogP contribution in [0.2, 0.25) is 0 Å². The molecule has 1 saturated heterocycles. The molecule has 3 aromatic rings. The standard InChI is InChI=1S/C23H25F5N6OS/c1-33-7-5-13(6-8-33)30-16-3-2-4-17-14(16)9-18(34(17)12-23(26,27)28)21-32-31-19(36-21)11-29-20(35)15-10-22(15,24)25/h2-4,9,13,15,30H,5-8,10-12H2,1H3,(H,29,35). The van der Waals surface area contributed by atoms with Crippen LogP contribution in [0.25, 0.3) is 21.6 Å². The highest BCUT2D eigenvalue weighted by atomic mass is 32.1. The van der Waals surface area contributed by atoms with E-state index < -0.39 is 36.9 Å². The van der Waals surface area contributed by atoms with Crippen LogP contribution >= 0.6 is 11.3 Å². The van der Waals surface area contributed by atoms with Crippen LogP contribution in [0.4, 0.5) is 27.6 Å². The lowest BCUT2D eigenvalue weighted by atomic mass is 10.0. The predicted octanol–water partition coefficient (Wildman–Crippen LogP) is 4.50. The number of anilines is 1. The number of benzene rings is 1. The van der Waals surface area contributed by atoms with Crippen molar-refractivity contribution in [2.75, 3.05) is 25.5 Å². The molecule has 36 heavy (non-hydrogen) atoms. The Kier molecular flexibility index (Phi) is 6.39. The number of nitrogens with one attached hydrogen (secondary N) is 2.